The van der Waals surface area contributed by atoms with Gasteiger partial charge in [-0.3, -0.25) is 0 Å². The number of amides is 2. The van der Waals surface area contributed by atoms with Gasteiger partial charge in [0, 0.05) is 12.2 Å². The maximum absolute atomic E-state index is 11.6. The molecule has 1 rings (SSSR count). The van der Waals surface area contributed by atoms with Gasteiger partial charge in [0.1, 0.15) is 0 Å². The van der Waals surface area contributed by atoms with Crippen molar-refractivity contribution in [2.75, 3.05) is 18.4 Å². The van der Waals surface area contributed by atoms with Crippen molar-refractivity contribution in [2.24, 2.45) is 11.7 Å². The molecule has 4 N–H and O–H groups in total. The molecule has 0 radical (unpaired) electrons. The molecule has 0 saturated heterocycles. The summed E-state index contributed by atoms with van der Waals surface area (Å²) in [6, 6.07) is 7.59. The maximum Gasteiger partial charge on any atom is 0.319 e. The largest absolute Gasteiger partial charge is 0.338 e. The first-order valence-electron chi connectivity index (χ1n) is 6.43. The number of urea groups is 1. The number of hydrogen-bond donors (Lipinski definition) is 3. The van der Waals surface area contributed by atoms with E-state index in [1.807, 2.05) is 31.2 Å². The highest BCUT2D eigenvalue weighted by Crippen LogP contribution is 2.09. The second kappa shape index (κ2) is 7.71. The highest BCUT2D eigenvalue weighted by atomic mass is 16.2. The normalized spacial score (nSPS) is 11.9. The summed E-state index contributed by atoms with van der Waals surface area (Å²) in [5.74, 6) is 0.520. The zero-order valence-corrected chi connectivity index (χ0v) is 11.2. The lowest BCUT2D eigenvalue weighted by molar-refractivity contribution is 0.251. The van der Waals surface area contributed by atoms with Crippen LogP contribution >= 0.6 is 0 Å². The van der Waals surface area contributed by atoms with Crippen LogP contribution in [0.5, 0.6) is 0 Å². The van der Waals surface area contributed by atoms with Gasteiger partial charge < -0.3 is 16.4 Å². The number of nitrogens with one attached hydrogen (secondary N) is 2. The lowest BCUT2D eigenvalue weighted by atomic mass is 10.1. The lowest BCUT2D eigenvalue weighted by Crippen LogP contribution is -2.29. The third-order valence-electron chi connectivity index (χ3n) is 2.84. The number of nitrogens with two attached hydrogens (primary N) is 1. The van der Waals surface area contributed by atoms with E-state index in [9.17, 15) is 4.79 Å². The maximum atomic E-state index is 11.6. The lowest BCUT2D eigenvalue weighted by Gasteiger charge is -2.10. The van der Waals surface area contributed by atoms with E-state index in [0.29, 0.717) is 19.0 Å². The molecule has 0 aliphatic heterocycles. The number of rotatable bonds is 6. The zero-order chi connectivity index (χ0) is 13.4. The minimum atomic E-state index is -0.152. The standard InChI is InChI=1S/C14H23N3O/c1-11-5-3-7-13(9-11)17-14(18)16-8-4-6-12(2)10-15/h3,5,7,9,12H,4,6,8,10,15H2,1-2H3,(H2,16,17,18). The van der Waals surface area contributed by atoms with E-state index in [-0.39, 0.29) is 6.03 Å². The van der Waals surface area contributed by atoms with Crippen LogP contribution in [0, 0.1) is 12.8 Å². The number of aryl methyl sites for hydroxylation is 1. The van der Waals surface area contributed by atoms with Gasteiger partial charge in [0.2, 0.25) is 0 Å². The van der Waals surface area contributed by atoms with Crippen LogP contribution < -0.4 is 16.4 Å². The number of carbonyl (C=O) groups excluding carboxylic acids is 1. The van der Waals surface area contributed by atoms with Gasteiger partial charge in [0.15, 0.2) is 0 Å². The molecule has 4 heteroatoms. The van der Waals surface area contributed by atoms with Crippen LogP contribution in [-0.4, -0.2) is 19.1 Å². The molecule has 100 valence electrons. The van der Waals surface area contributed by atoms with Crippen molar-refractivity contribution in [3.05, 3.63) is 29.8 Å². The van der Waals surface area contributed by atoms with Gasteiger partial charge in [0.05, 0.1) is 0 Å². The van der Waals surface area contributed by atoms with E-state index in [1.54, 1.807) is 0 Å². The van der Waals surface area contributed by atoms with Gasteiger partial charge in [0.25, 0.3) is 0 Å². The molecular weight excluding hydrogens is 226 g/mol. The molecule has 0 saturated carbocycles. The Hall–Kier alpha value is -1.55. The van der Waals surface area contributed by atoms with Crippen LogP contribution in [0.25, 0.3) is 0 Å². The topological polar surface area (TPSA) is 67.2 Å². The van der Waals surface area contributed by atoms with Crippen molar-refractivity contribution < 1.29 is 4.79 Å². The Labute approximate surface area is 109 Å². The average Bonchev–Trinajstić information content (AvgIpc) is 2.34. The molecule has 0 aliphatic rings. The molecule has 1 unspecified atom stereocenters. The summed E-state index contributed by atoms with van der Waals surface area (Å²) in [5, 5.41) is 5.65. The zero-order valence-electron chi connectivity index (χ0n) is 11.2. The Morgan fingerprint density at radius 1 is 1.44 bits per heavy atom. The van der Waals surface area contributed by atoms with E-state index >= 15 is 0 Å². The summed E-state index contributed by atoms with van der Waals surface area (Å²) in [5.41, 5.74) is 7.48. The van der Waals surface area contributed by atoms with Crippen molar-refractivity contribution in [1.82, 2.24) is 5.32 Å². The van der Waals surface area contributed by atoms with Crippen molar-refractivity contribution in [1.29, 1.82) is 0 Å². The molecule has 18 heavy (non-hydrogen) atoms. The van der Waals surface area contributed by atoms with E-state index in [0.717, 1.165) is 24.1 Å². The van der Waals surface area contributed by atoms with E-state index < -0.39 is 0 Å². The molecule has 0 aliphatic carbocycles. The van der Waals surface area contributed by atoms with Crippen LogP contribution in [0.4, 0.5) is 10.5 Å². The molecule has 0 heterocycles. The molecule has 0 spiro atoms. The van der Waals surface area contributed by atoms with Gasteiger partial charge in [-0.05, 0) is 49.9 Å². The molecule has 2 amide bonds. The Balaban J connectivity index is 2.22. The molecule has 0 fully saturated rings. The van der Waals surface area contributed by atoms with E-state index in [2.05, 4.69) is 17.6 Å². The van der Waals surface area contributed by atoms with Gasteiger partial charge in [-0.15, -0.1) is 0 Å². The highest BCUT2D eigenvalue weighted by Gasteiger charge is 2.02. The first-order valence-corrected chi connectivity index (χ1v) is 6.43. The summed E-state index contributed by atoms with van der Waals surface area (Å²) in [6.45, 7) is 5.50. The SMILES string of the molecule is Cc1cccc(NC(=O)NCCCC(C)CN)c1. The third-order valence-corrected chi connectivity index (χ3v) is 2.84. The van der Waals surface area contributed by atoms with Crippen molar-refractivity contribution >= 4 is 11.7 Å². The molecule has 0 aromatic heterocycles. The molecule has 1 aromatic carbocycles. The predicted molar refractivity (Wildman–Crippen MR) is 75.7 cm³/mol. The van der Waals surface area contributed by atoms with Crippen LogP contribution in [-0.2, 0) is 0 Å². The first kappa shape index (κ1) is 14.5. The van der Waals surface area contributed by atoms with Crippen LogP contribution in [0.1, 0.15) is 25.3 Å². The predicted octanol–water partition coefficient (Wildman–Crippen LogP) is 2.49. The molecular formula is C14H23N3O. The molecule has 4 nitrogen and oxygen atoms in total. The van der Waals surface area contributed by atoms with Crippen LogP contribution in [0.2, 0.25) is 0 Å². The molecule has 0 bridgehead atoms. The van der Waals surface area contributed by atoms with Gasteiger partial charge in [-0.25, -0.2) is 4.79 Å². The fraction of sp³-hybridized carbons (Fsp3) is 0.500. The Kier molecular flexibility index (Phi) is 6.22. The van der Waals surface area contributed by atoms with E-state index in [4.69, 9.17) is 5.73 Å². The number of anilines is 1. The Bertz CT molecular complexity index is 379. The van der Waals surface area contributed by atoms with Gasteiger partial charge in [-0.2, -0.15) is 0 Å². The fourth-order valence-electron chi connectivity index (χ4n) is 1.67. The number of carbonyl (C=O) groups is 1. The Morgan fingerprint density at radius 2 is 2.22 bits per heavy atom. The number of benzene rings is 1. The summed E-state index contributed by atoms with van der Waals surface area (Å²) >= 11 is 0. The quantitative estimate of drug-likeness (QED) is 0.678. The molecule has 1 atom stereocenters. The monoisotopic (exact) mass is 249 g/mol. The third kappa shape index (κ3) is 5.68. The molecule has 1 aromatic rings. The van der Waals surface area contributed by atoms with Gasteiger partial charge >= 0.3 is 6.03 Å². The first-order chi connectivity index (χ1) is 8.61. The minimum absolute atomic E-state index is 0.152. The van der Waals surface area contributed by atoms with Crippen LogP contribution in [0.3, 0.4) is 0 Å². The van der Waals surface area contributed by atoms with Crippen LogP contribution in [0.15, 0.2) is 24.3 Å². The summed E-state index contributed by atoms with van der Waals surface area (Å²) in [7, 11) is 0. The number of hydrogen-bond acceptors (Lipinski definition) is 2. The second-order valence-corrected chi connectivity index (χ2v) is 4.73. The summed E-state index contributed by atoms with van der Waals surface area (Å²) in [6.07, 6.45) is 2.00. The smallest absolute Gasteiger partial charge is 0.319 e. The van der Waals surface area contributed by atoms with Crippen molar-refractivity contribution in [3.63, 3.8) is 0 Å². The van der Waals surface area contributed by atoms with Gasteiger partial charge in [-0.1, -0.05) is 19.1 Å². The minimum Gasteiger partial charge on any atom is -0.338 e. The van der Waals surface area contributed by atoms with Crippen molar-refractivity contribution in [2.45, 2.75) is 26.7 Å². The summed E-state index contributed by atoms with van der Waals surface area (Å²) in [4.78, 5) is 11.6. The van der Waals surface area contributed by atoms with Crippen molar-refractivity contribution in [3.8, 4) is 0 Å². The van der Waals surface area contributed by atoms with E-state index in [1.165, 1.54) is 0 Å². The summed E-state index contributed by atoms with van der Waals surface area (Å²) < 4.78 is 0. The highest BCUT2D eigenvalue weighted by molar-refractivity contribution is 5.89. The average molecular weight is 249 g/mol. The fourth-order valence-corrected chi connectivity index (χ4v) is 1.67. The second-order valence-electron chi connectivity index (χ2n) is 4.73. The Morgan fingerprint density at radius 3 is 2.89 bits per heavy atom.